The van der Waals surface area contributed by atoms with Gasteiger partial charge in [0.2, 0.25) is 0 Å². The highest BCUT2D eigenvalue weighted by atomic mass is 33.1. The Bertz CT molecular complexity index is 200. The Labute approximate surface area is 64.6 Å². The molecule has 0 saturated heterocycles. The summed E-state index contributed by atoms with van der Waals surface area (Å²) in [6.07, 6.45) is 0. The van der Waals surface area contributed by atoms with Crippen molar-refractivity contribution in [2.75, 3.05) is 0 Å². The molecule has 0 spiro atoms. The van der Waals surface area contributed by atoms with E-state index in [-0.39, 0.29) is 5.96 Å². The molecule has 0 fully saturated rings. The topological polar surface area (TPSA) is 109 Å². The minimum absolute atomic E-state index is 0.282. The summed E-state index contributed by atoms with van der Waals surface area (Å²) in [6.45, 7) is 0. The zero-order valence-corrected chi connectivity index (χ0v) is 6.54. The second-order valence-corrected chi connectivity index (χ2v) is 4.12. The standard InChI is InChI=1S/C3H5N5S2/c4-1-9-10(2-5)8-3(6)7/h10H,(H4,6,7,8). The molecule has 7 heteroatoms. The number of nitriles is 2. The first-order valence-electron chi connectivity index (χ1n) is 2.07. The number of hydrogen-bond acceptors (Lipinski definition) is 4. The molecular weight excluding hydrogens is 170 g/mol. The molecule has 0 aliphatic rings. The number of rotatable bonds is 2. The second-order valence-electron chi connectivity index (χ2n) is 1.10. The van der Waals surface area contributed by atoms with Gasteiger partial charge < -0.3 is 10.5 Å². The van der Waals surface area contributed by atoms with Crippen molar-refractivity contribution >= 4 is 26.9 Å². The molecular formula is C3H5N5S2. The Kier molecular flexibility index (Phi) is 4.29. The van der Waals surface area contributed by atoms with Crippen LogP contribution in [-0.4, -0.2) is 5.96 Å². The summed E-state index contributed by atoms with van der Waals surface area (Å²) in [4.78, 5) is 0. The van der Waals surface area contributed by atoms with E-state index in [0.29, 0.717) is 0 Å². The van der Waals surface area contributed by atoms with Gasteiger partial charge in [0, 0.05) is 10.8 Å². The Hall–Kier alpha value is -1.05. The Morgan fingerprint density at radius 1 is 1.70 bits per heavy atom. The maximum atomic E-state index is 8.30. The zero-order chi connectivity index (χ0) is 7.98. The van der Waals surface area contributed by atoms with Gasteiger partial charge in [-0.15, -0.1) is 0 Å². The quantitative estimate of drug-likeness (QED) is 0.155. The van der Waals surface area contributed by atoms with Gasteiger partial charge in [0.15, 0.2) is 5.96 Å². The molecule has 4 N–H and O–H groups in total. The largest absolute Gasteiger partial charge is 0.369 e. The van der Waals surface area contributed by atoms with E-state index in [1.54, 1.807) is 5.40 Å². The maximum absolute atomic E-state index is 8.30. The average Bonchev–Trinajstić information content (AvgIpc) is 1.86. The van der Waals surface area contributed by atoms with Crippen LogP contribution in [0.4, 0.5) is 0 Å². The van der Waals surface area contributed by atoms with Crippen molar-refractivity contribution in [1.29, 1.82) is 15.9 Å². The summed E-state index contributed by atoms with van der Waals surface area (Å²) in [5.41, 5.74) is 4.91. The fourth-order valence-corrected chi connectivity index (χ4v) is 1.45. The van der Waals surface area contributed by atoms with Crippen LogP contribution >= 0.6 is 20.9 Å². The fraction of sp³-hybridized carbons (Fsp3) is 0. The van der Waals surface area contributed by atoms with Crippen molar-refractivity contribution in [2.24, 2.45) is 5.73 Å². The summed E-state index contributed by atoms with van der Waals surface area (Å²) in [5.74, 6) is -0.282. The predicted molar refractivity (Wildman–Crippen MR) is 42.9 cm³/mol. The highest BCUT2D eigenvalue weighted by Crippen LogP contribution is 2.33. The first-order chi connectivity index (χ1) is 4.70. The molecule has 0 aromatic rings. The first-order valence-corrected chi connectivity index (χ1v) is 4.83. The van der Waals surface area contributed by atoms with E-state index >= 15 is 0 Å². The summed E-state index contributed by atoms with van der Waals surface area (Å²) in [5, 5.41) is 26.7. The number of hydrogen-bond donors (Lipinski definition) is 4. The smallest absolute Gasteiger partial charge is 0.195 e. The summed E-state index contributed by atoms with van der Waals surface area (Å²) >= 11 is 0. The highest BCUT2D eigenvalue weighted by Gasteiger charge is 2.00. The van der Waals surface area contributed by atoms with Gasteiger partial charge in [0.05, 0.1) is 0 Å². The minimum atomic E-state index is -1.34. The van der Waals surface area contributed by atoms with E-state index in [9.17, 15) is 0 Å². The molecule has 1 atom stereocenters. The molecule has 10 heavy (non-hydrogen) atoms. The van der Waals surface area contributed by atoms with Crippen LogP contribution in [0.15, 0.2) is 0 Å². The van der Waals surface area contributed by atoms with E-state index in [1.807, 2.05) is 5.40 Å². The van der Waals surface area contributed by atoms with E-state index < -0.39 is 10.1 Å². The maximum Gasteiger partial charge on any atom is 0.195 e. The molecule has 0 saturated carbocycles. The molecule has 1 unspecified atom stereocenters. The lowest BCUT2D eigenvalue weighted by Crippen LogP contribution is -2.25. The van der Waals surface area contributed by atoms with Gasteiger partial charge in [0.25, 0.3) is 0 Å². The fourth-order valence-electron chi connectivity index (χ4n) is 0.218. The lowest BCUT2D eigenvalue weighted by molar-refractivity contribution is 1.32. The van der Waals surface area contributed by atoms with Crippen molar-refractivity contribution in [1.82, 2.24) is 4.72 Å². The molecule has 0 aromatic carbocycles. The number of nitrogens with one attached hydrogen (secondary N) is 2. The van der Waals surface area contributed by atoms with Gasteiger partial charge in [-0.1, -0.05) is 0 Å². The van der Waals surface area contributed by atoms with Crippen LogP contribution in [0, 0.1) is 26.7 Å². The van der Waals surface area contributed by atoms with Crippen LogP contribution in [0.25, 0.3) is 0 Å². The van der Waals surface area contributed by atoms with Gasteiger partial charge in [-0.2, -0.15) is 10.5 Å². The third-order valence-electron chi connectivity index (χ3n) is 0.445. The van der Waals surface area contributed by atoms with Gasteiger partial charge in [-0.25, -0.2) is 0 Å². The van der Waals surface area contributed by atoms with Crippen molar-refractivity contribution in [3.63, 3.8) is 0 Å². The molecule has 0 aliphatic heterocycles. The lowest BCUT2D eigenvalue weighted by atomic mass is 11.1. The van der Waals surface area contributed by atoms with Crippen LogP contribution in [0.1, 0.15) is 0 Å². The molecule has 54 valence electrons. The first kappa shape index (κ1) is 8.95. The minimum Gasteiger partial charge on any atom is -0.369 e. The van der Waals surface area contributed by atoms with Crippen LogP contribution < -0.4 is 10.5 Å². The molecule has 5 nitrogen and oxygen atoms in total. The monoisotopic (exact) mass is 175 g/mol. The van der Waals surface area contributed by atoms with Crippen molar-refractivity contribution in [3.05, 3.63) is 0 Å². The Balaban J connectivity index is 3.77. The Morgan fingerprint density at radius 3 is 2.60 bits per heavy atom. The summed E-state index contributed by atoms with van der Waals surface area (Å²) < 4.78 is 2.34. The van der Waals surface area contributed by atoms with Crippen molar-refractivity contribution in [2.45, 2.75) is 0 Å². The molecule has 0 rings (SSSR count). The van der Waals surface area contributed by atoms with Crippen LogP contribution in [0.2, 0.25) is 0 Å². The van der Waals surface area contributed by atoms with Crippen molar-refractivity contribution < 1.29 is 0 Å². The highest BCUT2D eigenvalue weighted by molar-refractivity contribution is 8.88. The average molecular weight is 175 g/mol. The van der Waals surface area contributed by atoms with E-state index in [1.165, 1.54) is 0 Å². The normalized spacial score (nSPS) is 12.4. The van der Waals surface area contributed by atoms with E-state index in [0.717, 1.165) is 10.8 Å². The number of nitrogens with zero attached hydrogens (tertiary/aromatic N) is 2. The molecule has 0 bridgehead atoms. The molecule has 0 heterocycles. The molecule has 0 aromatic heterocycles. The predicted octanol–water partition coefficient (Wildman–Crippen LogP) is -0.00397. The van der Waals surface area contributed by atoms with E-state index in [4.69, 9.17) is 21.7 Å². The molecule has 0 radical (unpaired) electrons. The SMILES string of the molecule is N#CS[SH](C#N)NC(=N)N. The van der Waals surface area contributed by atoms with Crippen LogP contribution in [0.5, 0.6) is 0 Å². The van der Waals surface area contributed by atoms with Crippen molar-refractivity contribution in [3.8, 4) is 10.8 Å². The van der Waals surface area contributed by atoms with Crippen LogP contribution in [0.3, 0.4) is 0 Å². The number of nitrogens with two attached hydrogens (primary N) is 1. The Morgan fingerprint density at radius 2 is 2.30 bits per heavy atom. The van der Waals surface area contributed by atoms with Crippen LogP contribution in [-0.2, 0) is 0 Å². The van der Waals surface area contributed by atoms with Gasteiger partial charge in [-0.05, 0) is 10.1 Å². The zero-order valence-electron chi connectivity index (χ0n) is 4.83. The van der Waals surface area contributed by atoms with E-state index in [2.05, 4.69) is 4.72 Å². The third-order valence-corrected chi connectivity index (χ3v) is 2.65. The second kappa shape index (κ2) is 4.79. The summed E-state index contributed by atoms with van der Waals surface area (Å²) in [6, 6.07) is 0. The van der Waals surface area contributed by atoms with Gasteiger partial charge in [0.1, 0.15) is 10.8 Å². The van der Waals surface area contributed by atoms with Gasteiger partial charge in [-0.3, -0.25) is 5.41 Å². The number of thiol groups is 1. The van der Waals surface area contributed by atoms with Gasteiger partial charge >= 0.3 is 0 Å². The third kappa shape index (κ3) is 3.89. The number of thiocyanates is 2. The number of guanidine groups is 1. The summed E-state index contributed by atoms with van der Waals surface area (Å²) in [7, 11) is -0.554. The molecule has 0 amide bonds. The molecule has 0 aliphatic carbocycles. The lowest BCUT2D eigenvalue weighted by Gasteiger charge is -2.07.